The first kappa shape index (κ1) is 23.4. The van der Waals surface area contributed by atoms with E-state index >= 15 is 0 Å². The summed E-state index contributed by atoms with van der Waals surface area (Å²) < 4.78 is 12.1. The second-order valence-electron chi connectivity index (χ2n) is 9.02. The summed E-state index contributed by atoms with van der Waals surface area (Å²) in [7, 11) is 0. The van der Waals surface area contributed by atoms with Crippen molar-refractivity contribution in [3.8, 4) is 11.5 Å². The molecule has 0 aromatic heterocycles. The lowest BCUT2D eigenvalue weighted by Gasteiger charge is -2.29. The van der Waals surface area contributed by atoms with E-state index in [0.29, 0.717) is 35.5 Å². The molecule has 1 N–H and O–H groups in total. The number of amides is 1. The molecule has 0 radical (unpaired) electrons. The van der Waals surface area contributed by atoms with Crippen molar-refractivity contribution in [2.75, 3.05) is 6.61 Å². The van der Waals surface area contributed by atoms with Gasteiger partial charge in [-0.1, -0.05) is 67.8 Å². The fourth-order valence-corrected chi connectivity index (χ4v) is 5.30. The average Bonchev–Trinajstić information content (AvgIpc) is 3.16. The number of benzene rings is 3. The molecular weight excluding hydrogens is 456 g/mol. The summed E-state index contributed by atoms with van der Waals surface area (Å²) >= 11 is 5.50. The van der Waals surface area contributed by atoms with E-state index < -0.39 is 0 Å². The van der Waals surface area contributed by atoms with Crippen LogP contribution in [0.25, 0.3) is 16.8 Å². The molecule has 2 fully saturated rings. The summed E-state index contributed by atoms with van der Waals surface area (Å²) in [6.07, 6.45) is 7.39. The molecule has 1 aliphatic carbocycles. The van der Waals surface area contributed by atoms with Gasteiger partial charge in [0.15, 0.2) is 16.6 Å². The van der Waals surface area contributed by atoms with E-state index in [0.717, 1.165) is 36.8 Å². The van der Waals surface area contributed by atoms with Crippen LogP contribution in [0, 0.1) is 0 Å². The van der Waals surface area contributed by atoms with E-state index in [-0.39, 0.29) is 11.9 Å². The highest BCUT2D eigenvalue weighted by molar-refractivity contribution is 7.80. The zero-order valence-corrected chi connectivity index (χ0v) is 20.8. The molecule has 0 unspecified atom stereocenters. The Bertz CT molecular complexity index is 1270. The molecule has 35 heavy (non-hydrogen) atoms. The van der Waals surface area contributed by atoms with Gasteiger partial charge in [-0.3, -0.25) is 9.69 Å². The molecular formula is C29H30N2O3S. The van der Waals surface area contributed by atoms with Gasteiger partial charge in [0, 0.05) is 6.04 Å². The zero-order chi connectivity index (χ0) is 24.2. The first-order chi connectivity index (χ1) is 17.1. The van der Waals surface area contributed by atoms with Crippen LogP contribution in [-0.2, 0) is 11.4 Å². The topological polar surface area (TPSA) is 50.8 Å². The van der Waals surface area contributed by atoms with E-state index in [1.54, 1.807) is 4.90 Å². The van der Waals surface area contributed by atoms with Crippen molar-refractivity contribution in [3.63, 3.8) is 0 Å². The van der Waals surface area contributed by atoms with Crippen molar-refractivity contribution in [2.24, 2.45) is 0 Å². The Hall–Kier alpha value is -3.38. The van der Waals surface area contributed by atoms with E-state index in [4.69, 9.17) is 21.7 Å². The molecule has 3 aromatic carbocycles. The number of hydrogen-bond acceptors (Lipinski definition) is 4. The zero-order valence-electron chi connectivity index (χ0n) is 20.0. The van der Waals surface area contributed by atoms with Gasteiger partial charge in [0.05, 0.1) is 6.61 Å². The van der Waals surface area contributed by atoms with Crippen molar-refractivity contribution in [3.05, 3.63) is 77.5 Å². The molecule has 0 spiro atoms. The summed E-state index contributed by atoms with van der Waals surface area (Å²) in [6.45, 7) is 2.90. The average molecular weight is 487 g/mol. The summed E-state index contributed by atoms with van der Waals surface area (Å²) in [5.74, 6) is 1.28. The maximum atomic E-state index is 13.1. The van der Waals surface area contributed by atoms with Crippen molar-refractivity contribution < 1.29 is 14.3 Å². The van der Waals surface area contributed by atoms with Gasteiger partial charge in [-0.25, -0.2) is 0 Å². The molecule has 1 aliphatic heterocycles. The number of thiocarbonyl (C=S) groups is 1. The summed E-state index contributed by atoms with van der Waals surface area (Å²) in [6, 6.07) is 20.5. The second-order valence-corrected chi connectivity index (χ2v) is 9.41. The third-order valence-electron chi connectivity index (χ3n) is 6.69. The quantitative estimate of drug-likeness (QED) is 0.318. The Balaban J connectivity index is 1.35. The van der Waals surface area contributed by atoms with E-state index in [2.05, 4.69) is 29.6 Å². The highest BCUT2D eigenvalue weighted by Crippen LogP contribution is 2.32. The number of carbonyl (C=O) groups is 1. The molecule has 1 saturated carbocycles. The first-order valence-electron chi connectivity index (χ1n) is 12.4. The second kappa shape index (κ2) is 10.5. The number of hydrogen-bond donors (Lipinski definition) is 1. The van der Waals surface area contributed by atoms with Crippen molar-refractivity contribution in [1.29, 1.82) is 0 Å². The fraction of sp³-hybridized carbons (Fsp3) is 0.310. The normalized spacial score (nSPS) is 17.7. The van der Waals surface area contributed by atoms with Gasteiger partial charge in [-0.15, -0.1) is 0 Å². The molecule has 3 aromatic rings. The van der Waals surface area contributed by atoms with Gasteiger partial charge in [0.25, 0.3) is 5.91 Å². The minimum Gasteiger partial charge on any atom is -0.490 e. The van der Waals surface area contributed by atoms with Crippen LogP contribution in [0.3, 0.4) is 0 Å². The first-order valence-corrected chi connectivity index (χ1v) is 12.8. The lowest BCUT2D eigenvalue weighted by molar-refractivity contribution is -0.124. The predicted molar refractivity (Wildman–Crippen MR) is 143 cm³/mol. The van der Waals surface area contributed by atoms with Gasteiger partial charge in [-0.05, 0) is 72.1 Å². The Labute approximate surface area is 211 Å². The van der Waals surface area contributed by atoms with Crippen LogP contribution in [0.15, 0.2) is 66.4 Å². The maximum Gasteiger partial charge on any atom is 0.276 e. The minimum atomic E-state index is -0.0452. The largest absolute Gasteiger partial charge is 0.490 e. The molecule has 1 heterocycles. The Morgan fingerprint density at radius 1 is 1.00 bits per heavy atom. The summed E-state index contributed by atoms with van der Waals surface area (Å²) in [5, 5.41) is 6.00. The molecule has 0 atom stereocenters. The maximum absolute atomic E-state index is 13.1. The molecule has 2 aliphatic rings. The number of nitrogens with one attached hydrogen (secondary N) is 1. The number of ether oxygens (including phenoxy) is 2. The van der Waals surface area contributed by atoms with Gasteiger partial charge < -0.3 is 14.8 Å². The Kier molecular flexibility index (Phi) is 7.00. The Morgan fingerprint density at radius 2 is 1.80 bits per heavy atom. The highest BCUT2D eigenvalue weighted by atomic mass is 32.1. The van der Waals surface area contributed by atoms with Crippen molar-refractivity contribution in [1.82, 2.24) is 10.2 Å². The van der Waals surface area contributed by atoms with E-state index in [1.165, 1.54) is 17.2 Å². The monoisotopic (exact) mass is 486 g/mol. The highest BCUT2D eigenvalue weighted by Gasteiger charge is 2.36. The predicted octanol–water partition coefficient (Wildman–Crippen LogP) is 6.21. The van der Waals surface area contributed by atoms with E-state index in [1.807, 2.05) is 49.4 Å². The van der Waals surface area contributed by atoms with Gasteiger partial charge in [-0.2, -0.15) is 0 Å². The molecule has 1 saturated heterocycles. The lowest BCUT2D eigenvalue weighted by atomic mass is 9.94. The van der Waals surface area contributed by atoms with Crippen LogP contribution in [-0.4, -0.2) is 28.6 Å². The molecule has 6 heteroatoms. The third kappa shape index (κ3) is 5.03. The molecule has 5 rings (SSSR count). The van der Waals surface area contributed by atoms with Crippen molar-refractivity contribution >= 4 is 40.1 Å². The number of fused-ring (bicyclic) bond motifs is 1. The lowest BCUT2D eigenvalue weighted by Crippen LogP contribution is -2.41. The molecule has 5 nitrogen and oxygen atoms in total. The minimum absolute atomic E-state index is 0.0452. The molecule has 1 amide bonds. The van der Waals surface area contributed by atoms with Crippen LogP contribution < -0.4 is 14.8 Å². The number of nitrogens with zero attached hydrogens (tertiary/aromatic N) is 1. The van der Waals surface area contributed by atoms with Gasteiger partial charge in [0.1, 0.15) is 12.3 Å². The standard InChI is InChI=1S/C29H30N2O3S/c1-2-33-27-18-20(17-25-28(32)31(29(35)30-25)23-12-4-3-5-13-23)15-16-26(27)34-19-22-11-8-10-21-9-6-7-14-24(21)22/h6-11,14-18,23H,2-5,12-13,19H2,1H3,(H,30,35)/b25-17-. The smallest absolute Gasteiger partial charge is 0.276 e. The van der Waals surface area contributed by atoms with Crippen LogP contribution >= 0.6 is 12.2 Å². The molecule has 180 valence electrons. The van der Waals surface area contributed by atoms with Gasteiger partial charge in [0.2, 0.25) is 0 Å². The van der Waals surface area contributed by atoms with E-state index in [9.17, 15) is 4.79 Å². The summed E-state index contributed by atoms with van der Waals surface area (Å²) in [4.78, 5) is 14.9. The number of carbonyl (C=O) groups excluding carboxylic acids is 1. The SMILES string of the molecule is CCOc1cc(/C=C2\NC(=S)N(C3CCCCC3)C2=O)ccc1OCc1cccc2ccccc12. The van der Waals surface area contributed by atoms with Crippen molar-refractivity contribution in [2.45, 2.75) is 51.7 Å². The number of rotatable bonds is 7. The summed E-state index contributed by atoms with van der Waals surface area (Å²) in [5.41, 5.74) is 2.48. The fourth-order valence-electron chi connectivity index (χ4n) is 4.96. The molecule has 0 bridgehead atoms. The van der Waals surface area contributed by atoms with Gasteiger partial charge >= 0.3 is 0 Å². The van der Waals surface area contributed by atoms with Crippen LogP contribution in [0.1, 0.15) is 50.2 Å². The third-order valence-corrected chi connectivity index (χ3v) is 6.99. The van der Waals surface area contributed by atoms with Crippen LogP contribution in [0.4, 0.5) is 0 Å². The Morgan fingerprint density at radius 3 is 2.63 bits per heavy atom. The van der Waals surface area contributed by atoms with Crippen LogP contribution in [0.2, 0.25) is 0 Å². The van der Waals surface area contributed by atoms with Crippen LogP contribution in [0.5, 0.6) is 11.5 Å².